The second-order valence-corrected chi connectivity index (χ2v) is 8.14. The van der Waals surface area contributed by atoms with Crippen LogP contribution in [-0.2, 0) is 6.54 Å². The van der Waals surface area contributed by atoms with E-state index in [1.54, 1.807) is 12.1 Å². The Morgan fingerprint density at radius 1 is 1.10 bits per heavy atom. The van der Waals surface area contributed by atoms with Crippen molar-refractivity contribution in [1.82, 2.24) is 24.5 Å². The summed E-state index contributed by atoms with van der Waals surface area (Å²) in [6, 6.07) is 10.3. The molecule has 1 fully saturated rings. The molecule has 5 rings (SSSR count). The number of imidazole rings is 2. The van der Waals surface area contributed by atoms with Gasteiger partial charge in [0.15, 0.2) is 5.65 Å². The number of aromatic amines is 1. The third-order valence-electron chi connectivity index (χ3n) is 5.23. The van der Waals surface area contributed by atoms with E-state index in [1.807, 2.05) is 16.7 Å². The lowest BCUT2D eigenvalue weighted by Crippen LogP contribution is -2.08. The van der Waals surface area contributed by atoms with Gasteiger partial charge in [0.05, 0.1) is 11.4 Å². The number of pyridine rings is 1. The quantitative estimate of drug-likeness (QED) is 0.515. The van der Waals surface area contributed by atoms with Crippen LogP contribution in [0.25, 0.3) is 33.8 Å². The Morgan fingerprint density at radius 3 is 2.55 bits per heavy atom. The van der Waals surface area contributed by atoms with Crippen LogP contribution in [0.2, 0.25) is 0 Å². The van der Waals surface area contributed by atoms with Crippen LogP contribution >= 0.6 is 0 Å². The summed E-state index contributed by atoms with van der Waals surface area (Å²) in [4.78, 5) is 17.7. The van der Waals surface area contributed by atoms with E-state index in [0.717, 1.165) is 59.0 Å². The number of nitrogens with one attached hydrogen (secondary N) is 1. The zero-order chi connectivity index (χ0) is 20.1. The molecule has 3 N–H and O–H groups in total. The molecule has 4 aromatic rings. The zero-order valence-electron chi connectivity index (χ0n) is 16.5. The number of nitrogens with two attached hydrogens (primary N) is 1. The number of halogens is 1. The van der Waals surface area contributed by atoms with Crippen molar-refractivity contribution < 1.29 is 4.39 Å². The molecular formula is C22H23FN6. The number of nitrogen functional groups attached to an aromatic ring is 1. The van der Waals surface area contributed by atoms with Crippen molar-refractivity contribution in [2.45, 2.75) is 39.2 Å². The summed E-state index contributed by atoms with van der Waals surface area (Å²) < 4.78 is 15.4. The highest BCUT2D eigenvalue weighted by Crippen LogP contribution is 2.41. The van der Waals surface area contributed by atoms with Crippen LogP contribution in [-0.4, -0.2) is 24.5 Å². The largest absolute Gasteiger partial charge is 0.369 e. The second-order valence-electron chi connectivity index (χ2n) is 8.14. The summed E-state index contributed by atoms with van der Waals surface area (Å²) in [7, 11) is 0. The zero-order valence-corrected chi connectivity index (χ0v) is 16.5. The molecule has 0 atom stereocenters. The van der Waals surface area contributed by atoms with Gasteiger partial charge in [0, 0.05) is 18.0 Å². The number of benzene rings is 1. The summed E-state index contributed by atoms with van der Waals surface area (Å²) in [5.74, 6) is 2.06. The summed E-state index contributed by atoms with van der Waals surface area (Å²) in [5.41, 5.74) is 10.9. The van der Waals surface area contributed by atoms with E-state index in [-0.39, 0.29) is 5.82 Å². The molecule has 0 radical (unpaired) electrons. The molecule has 1 aliphatic rings. The minimum Gasteiger partial charge on any atom is -0.369 e. The average molecular weight is 390 g/mol. The Labute approximate surface area is 168 Å². The van der Waals surface area contributed by atoms with Gasteiger partial charge >= 0.3 is 0 Å². The average Bonchev–Trinajstić information content (AvgIpc) is 3.38. The van der Waals surface area contributed by atoms with Crippen molar-refractivity contribution in [3.8, 4) is 22.6 Å². The minimum absolute atomic E-state index is 0.259. The monoisotopic (exact) mass is 390 g/mol. The lowest BCUT2D eigenvalue weighted by atomic mass is 10.1. The maximum Gasteiger partial charge on any atom is 0.202 e. The van der Waals surface area contributed by atoms with Gasteiger partial charge in [-0.15, -0.1) is 0 Å². The second kappa shape index (κ2) is 6.69. The number of fused-ring (bicyclic) bond motifs is 1. The van der Waals surface area contributed by atoms with Crippen LogP contribution in [0.5, 0.6) is 0 Å². The fourth-order valence-corrected chi connectivity index (χ4v) is 3.65. The number of aromatic nitrogens is 5. The number of hydrogen-bond donors (Lipinski definition) is 2. The number of rotatable bonds is 5. The molecule has 1 aromatic carbocycles. The van der Waals surface area contributed by atoms with Crippen LogP contribution in [0, 0.1) is 11.7 Å². The Hall–Kier alpha value is -3.22. The lowest BCUT2D eigenvalue weighted by molar-refractivity contribution is 0.535. The molecule has 0 saturated heterocycles. The lowest BCUT2D eigenvalue weighted by Gasteiger charge is -2.09. The van der Waals surface area contributed by atoms with E-state index in [2.05, 4.69) is 23.8 Å². The van der Waals surface area contributed by atoms with E-state index in [9.17, 15) is 4.39 Å². The van der Waals surface area contributed by atoms with Gasteiger partial charge in [0.2, 0.25) is 5.95 Å². The van der Waals surface area contributed by atoms with E-state index in [1.165, 1.54) is 12.1 Å². The number of nitrogens with zero attached hydrogens (tertiary/aromatic N) is 4. The number of anilines is 1. The van der Waals surface area contributed by atoms with Crippen LogP contribution in [0.3, 0.4) is 0 Å². The van der Waals surface area contributed by atoms with Crippen LogP contribution in [0.4, 0.5) is 10.3 Å². The summed E-state index contributed by atoms with van der Waals surface area (Å²) in [6.45, 7) is 5.02. The molecule has 0 amide bonds. The smallest absolute Gasteiger partial charge is 0.202 e. The molecule has 1 aliphatic carbocycles. The molecule has 148 valence electrons. The summed E-state index contributed by atoms with van der Waals surface area (Å²) in [6.07, 6.45) is 2.28. The number of H-pyrrole nitrogens is 1. The Kier molecular flexibility index (Phi) is 4.12. The van der Waals surface area contributed by atoms with Crippen LogP contribution < -0.4 is 5.73 Å². The third-order valence-corrected chi connectivity index (χ3v) is 5.23. The molecule has 7 heteroatoms. The third kappa shape index (κ3) is 3.26. The van der Waals surface area contributed by atoms with Crippen molar-refractivity contribution in [2.75, 3.05) is 5.73 Å². The molecular weight excluding hydrogens is 367 g/mol. The summed E-state index contributed by atoms with van der Waals surface area (Å²) >= 11 is 0. The predicted molar refractivity (Wildman–Crippen MR) is 112 cm³/mol. The predicted octanol–water partition coefficient (Wildman–Crippen LogP) is 4.74. The van der Waals surface area contributed by atoms with E-state index >= 15 is 0 Å². The Bertz CT molecular complexity index is 1180. The van der Waals surface area contributed by atoms with Crippen LogP contribution in [0.1, 0.15) is 38.4 Å². The van der Waals surface area contributed by atoms with Gasteiger partial charge in [0.1, 0.15) is 22.9 Å². The SMILES string of the molecule is CC(C)Cn1c(N)nc2ccc(-c3nc(C4CC4)[nH]c3-c3ccc(F)cc3)nc21. The van der Waals surface area contributed by atoms with Crippen molar-refractivity contribution in [3.63, 3.8) is 0 Å². The van der Waals surface area contributed by atoms with Gasteiger partial charge in [0.25, 0.3) is 0 Å². The first-order valence-corrected chi connectivity index (χ1v) is 9.98. The maximum atomic E-state index is 13.4. The van der Waals surface area contributed by atoms with Crippen LogP contribution in [0.15, 0.2) is 36.4 Å². The fraction of sp³-hybridized carbons (Fsp3) is 0.318. The van der Waals surface area contributed by atoms with Crippen molar-refractivity contribution in [3.05, 3.63) is 48.0 Å². The Morgan fingerprint density at radius 2 is 1.86 bits per heavy atom. The highest BCUT2D eigenvalue weighted by molar-refractivity contribution is 5.82. The van der Waals surface area contributed by atoms with Gasteiger partial charge in [-0.05, 0) is 55.2 Å². The standard InChI is InChI=1S/C22H23FN6/c1-12(2)11-29-21-17(26-22(29)24)10-9-16(25-21)19-18(13-5-7-15(23)8-6-13)27-20(28-19)14-3-4-14/h5-10,12,14H,3-4,11H2,1-2H3,(H2,24,26)(H,27,28). The highest BCUT2D eigenvalue weighted by atomic mass is 19.1. The topological polar surface area (TPSA) is 85.4 Å². The normalized spacial score (nSPS) is 14.2. The molecule has 0 unspecified atom stereocenters. The van der Waals surface area contributed by atoms with Gasteiger partial charge < -0.3 is 10.7 Å². The molecule has 1 saturated carbocycles. The fourth-order valence-electron chi connectivity index (χ4n) is 3.65. The Balaban J connectivity index is 1.66. The first-order valence-electron chi connectivity index (χ1n) is 9.98. The van der Waals surface area contributed by atoms with Gasteiger partial charge in [-0.2, -0.15) is 0 Å². The molecule has 3 aromatic heterocycles. The maximum absolute atomic E-state index is 13.4. The van der Waals surface area contributed by atoms with Gasteiger partial charge in [-0.1, -0.05) is 13.8 Å². The van der Waals surface area contributed by atoms with E-state index in [0.29, 0.717) is 17.8 Å². The van der Waals surface area contributed by atoms with Gasteiger partial charge in [-0.3, -0.25) is 4.57 Å². The van der Waals surface area contributed by atoms with E-state index < -0.39 is 0 Å². The first-order chi connectivity index (χ1) is 14.0. The van der Waals surface area contributed by atoms with Crippen molar-refractivity contribution >= 4 is 17.1 Å². The van der Waals surface area contributed by atoms with Crippen molar-refractivity contribution in [2.24, 2.45) is 5.92 Å². The molecule has 0 aliphatic heterocycles. The number of hydrogen-bond acceptors (Lipinski definition) is 4. The molecule has 6 nitrogen and oxygen atoms in total. The molecule has 29 heavy (non-hydrogen) atoms. The highest BCUT2D eigenvalue weighted by Gasteiger charge is 2.29. The minimum atomic E-state index is -0.259. The first kappa shape index (κ1) is 17.8. The van der Waals surface area contributed by atoms with Gasteiger partial charge in [-0.25, -0.2) is 19.3 Å². The molecule has 0 bridgehead atoms. The molecule has 0 spiro atoms. The van der Waals surface area contributed by atoms with Crippen molar-refractivity contribution in [1.29, 1.82) is 0 Å². The summed E-state index contributed by atoms with van der Waals surface area (Å²) in [5, 5.41) is 0. The molecule has 3 heterocycles. The van der Waals surface area contributed by atoms with E-state index in [4.69, 9.17) is 15.7 Å².